The molecule has 114 valence electrons. The second kappa shape index (κ2) is 6.13. The van der Waals surface area contributed by atoms with Crippen LogP contribution in [0.5, 0.6) is 0 Å². The minimum Gasteiger partial charge on any atom is -0.481 e. The maximum absolute atomic E-state index is 11.0. The minimum atomic E-state index is -0.692. The quantitative estimate of drug-likeness (QED) is 0.943. The number of aromatic nitrogens is 2. The van der Waals surface area contributed by atoms with Gasteiger partial charge in [-0.25, -0.2) is 9.97 Å². The number of nitrogens with zero attached hydrogens (tertiary/aromatic N) is 3. The number of benzene rings is 1. The molecule has 0 unspecified atom stereocenters. The summed E-state index contributed by atoms with van der Waals surface area (Å²) in [5.41, 5.74) is 3.17. The van der Waals surface area contributed by atoms with Crippen LogP contribution >= 0.6 is 0 Å². The van der Waals surface area contributed by atoms with Gasteiger partial charge in [-0.2, -0.15) is 0 Å². The number of carbonyl (C=O) groups is 1. The van der Waals surface area contributed by atoms with Gasteiger partial charge in [-0.1, -0.05) is 29.8 Å². The first kappa shape index (κ1) is 14.5. The lowest BCUT2D eigenvalue weighted by Gasteiger charge is -2.31. The summed E-state index contributed by atoms with van der Waals surface area (Å²) >= 11 is 0. The normalized spacial score (nSPS) is 15.8. The van der Waals surface area contributed by atoms with Crippen molar-refractivity contribution in [1.82, 2.24) is 9.97 Å². The first-order valence-corrected chi connectivity index (χ1v) is 7.50. The Morgan fingerprint density at radius 2 is 1.86 bits per heavy atom. The van der Waals surface area contributed by atoms with E-state index in [1.165, 1.54) is 5.56 Å². The Hall–Kier alpha value is -2.43. The van der Waals surface area contributed by atoms with Crippen molar-refractivity contribution in [1.29, 1.82) is 0 Å². The summed E-state index contributed by atoms with van der Waals surface area (Å²) in [6, 6.07) is 10.2. The van der Waals surface area contributed by atoms with Crippen molar-refractivity contribution in [2.24, 2.45) is 5.92 Å². The molecule has 1 aliphatic heterocycles. The van der Waals surface area contributed by atoms with Crippen molar-refractivity contribution in [3.8, 4) is 11.3 Å². The molecule has 0 amide bonds. The van der Waals surface area contributed by atoms with Crippen LogP contribution in [0.15, 0.2) is 36.7 Å². The fourth-order valence-corrected chi connectivity index (χ4v) is 2.76. The zero-order chi connectivity index (χ0) is 15.5. The summed E-state index contributed by atoms with van der Waals surface area (Å²) in [7, 11) is 0. The molecule has 2 heterocycles. The van der Waals surface area contributed by atoms with E-state index in [0.717, 1.165) is 30.2 Å². The van der Waals surface area contributed by atoms with Crippen molar-refractivity contribution in [3.63, 3.8) is 0 Å². The van der Waals surface area contributed by atoms with Gasteiger partial charge < -0.3 is 10.0 Å². The first-order valence-electron chi connectivity index (χ1n) is 7.50. The molecule has 1 aromatic heterocycles. The number of aryl methyl sites for hydroxylation is 1. The molecular formula is C17H19N3O2. The van der Waals surface area contributed by atoms with Gasteiger partial charge in [-0.3, -0.25) is 4.79 Å². The fraction of sp³-hybridized carbons (Fsp3) is 0.353. The maximum Gasteiger partial charge on any atom is 0.306 e. The van der Waals surface area contributed by atoms with E-state index in [1.807, 2.05) is 6.07 Å². The van der Waals surface area contributed by atoms with Gasteiger partial charge in [0.15, 0.2) is 0 Å². The van der Waals surface area contributed by atoms with Crippen LogP contribution in [0.1, 0.15) is 18.4 Å². The highest BCUT2D eigenvalue weighted by molar-refractivity contribution is 5.70. The lowest BCUT2D eigenvalue weighted by atomic mass is 9.97. The number of hydrogen-bond donors (Lipinski definition) is 1. The summed E-state index contributed by atoms with van der Waals surface area (Å²) in [4.78, 5) is 21.8. The average molecular weight is 297 g/mol. The SMILES string of the molecule is Cc1ccc(-c2cc(N3CCC(C(=O)O)CC3)ncn2)cc1. The number of piperidine rings is 1. The van der Waals surface area contributed by atoms with Gasteiger partial charge in [0, 0.05) is 24.7 Å². The highest BCUT2D eigenvalue weighted by atomic mass is 16.4. The zero-order valence-electron chi connectivity index (χ0n) is 12.6. The smallest absolute Gasteiger partial charge is 0.306 e. The summed E-state index contributed by atoms with van der Waals surface area (Å²) < 4.78 is 0. The van der Waals surface area contributed by atoms with E-state index in [1.54, 1.807) is 6.33 Å². The summed E-state index contributed by atoms with van der Waals surface area (Å²) in [6.07, 6.45) is 2.91. The molecule has 0 saturated carbocycles. The Balaban J connectivity index is 1.77. The van der Waals surface area contributed by atoms with E-state index in [-0.39, 0.29) is 5.92 Å². The molecule has 0 atom stereocenters. The van der Waals surface area contributed by atoms with Crippen LogP contribution in [-0.4, -0.2) is 34.1 Å². The second-order valence-electron chi connectivity index (χ2n) is 5.73. The highest BCUT2D eigenvalue weighted by Gasteiger charge is 2.25. The van der Waals surface area contributed by atoms with Gasteiger partial charge in [-0.05, 0) is 19.8 Å². The van der Waals surface area contributed by atoms with E-state index >= 15 is 0 Å². The van der Waals surface area contributed by atoms with Crippen molar-refractivity contribution in [2.45, 2.75) is 19.8 Å². The Kier molecular flexibility index (Phi) is 4.04. The van der Waals surface area contributed by atoms with Crippen LogP contribution in [0.3, 0.4) is 0 Å². The summed E-state index contributed by atoms with van der Waals surface area (Å²) in [5.74, 6) is -0.0493. The lowest BCUT2D eigenvalue weighted by Crippen LogP contribution is -2.36. The molecule has 1 saturated heterocycles. The van der Waals surface area contributed by atoms with Crippen LogP contribution in [0.2, 0.25) is 0 Å². The number of carboxylic acid groups (broad SMARTS) is 1. The van der Waals surface area contributed by atoms with E-state index in [4.69, 9.17) is 5.11 Å². The number of hydrogen-bond acceptors (Lipinski definition) is 4. The third-order valence-electron chi connectivity index (χ3n) is 4.17. The zero-order valence-corrected chi connectivity index (χ0v) is 12.6. The molecule has 0 spiro atoms. The predicted molar refractivity (Wildman–Crippen MR) is 84.8 cm³/mol. The Morgan fingerprint density at radius 1 is 1.18 bits per heavy atom. The van der Waals surface area contributed by atoms with Crippen LogP contribution in [0, 0.1) is 12.8 Å². The molecule has 5 heteroatoms. The molecule has 1 aliphatic rings. The third-order valence-corrected chi connectivity index (χ3v) is 4.17. The van der Waals surface area contributed by atoms with Gasteiger partial charge in [0.2, 0.25) is 0 Å². The van der Waals surface area contributed by atoms with Crippen LogP contribution < -0.4 is 4.90 Å². The van der Waals surface area contributed by atoms with Gasteiger partial charge in [0.05, 0.1) is 11.6 Å². The van der Waals surface area contributed by atoms with Crippen molar-refractivity contribution >= 4 is 11.8 Å². The minimum absolute atomic E-state index is 0.227. The molecule has 22 heavy (non-hydrogen) atoms. The van der Waals surface area contributed by atoms with E-state index in [0.29, 0.717) is 12.8 Å². The van der Waals surface area contributed by atoms with Gasteiger partial charge in [0.1, 0.15) is 12.1 Å². The third kappa shape index (κ3) is 3.08. The molecule has 3 rings (SSSR count). The maximum atomic E-state index is 11.0. The Labute approximate surface area is 129 Å². The highest BCUT2D eigenvalue weighted by Crippen LogP contribution is 2.25. The van der Waals surface area contributed by atoms with E-state index < -0.39 is 5.97 Å². The number of rotatable bonds is 3. The average Bonchev–Trinajstić information content (AvgIpc) is 2.56. The number of aliphatic carboxylic acids is 1. The van der Waals surface area contributed by atoms with Crippen molar-refractivity contribution in [3.05, 3.63) is 42.2 Å². The molecule has 1 N–H and O–H groups in total. The van der Waals surface area contributed by atoms with Gasteiger partial charge in [0.25, 0.3) is 0 Å². The Morgan fingerprint density at radius 3 is 2.50 bits per heavy atom. The van der Waals surface area contributed by atoms with E-state index in [9.17, 15) is 4.79 Å². The molecule has 1 aromatic carbocycles. The van der Waals surface area contributed by atoms with Gasteiger partial charge in [-0.15, -0.1) is 0 Å². The van der Waals surface area contributed by atoms with E-state index in [2.05, 4.69) is 46.1 Å². The van der Waals surface area contributed by atoms with Gasteiger partial charge >= 0.3 is 5.97 Å². The molecule has 5 nitrogen and oxygen atoms in total. The molecule has 2 aromatic rings. The first-order chi connectivity index (χ1) is 10.6. The molecule has 0 bridgehead atoms. The van der Waals surface area contributed by atoms with Crippen LogP contribution in [-0.2, 0) is 4.79 Å². The van der Waals surface area contributed by atoms with Crippen molar-refractivity contribution < 1.29 is 9.90 Å². The summed E-state index contributed by atoms with van der Waals surface area (Å²) in [6.45, 7) is 3.50. The molecule has 1 fully saturated rings. The summed E-state index contributed by atoms with van der Waals surface area (Å²) in [5, 5.41) is 9.07. The van der Waals surface area contributed by atoms with Crippen molar-refractivity contribution in [2.75, 3.05) is 18.0 Å². The topological polar surface area (TPSA) is 66.3 Å². The lowest BCUT2D eigenvalue weighted by molar-refractivity contribution is -0.142. The standard InChI is InChI=1S/C17H19N3O2/c1-12-2-4-13(5-3-12)15-10-16(19-11-18-15)20-8-6-14(7-9-20)17(21)22/h2-5,10-11,14H,6-9H2,1H3,(H,21,22). The second-order valence-corrected chi connectivity index (χ2v) is 5.73. The molecule has 0 aliphatic carbocycles. The largest absolute Gasteiger partial charge is 0.481 e. The number of carboxylic acids is 1. The Bertz CT molecular complexity index is 662. The van der Waals surface area contributed by atoms with Crippen LogP contribution in [0.25, 0.3) is 11.3 Å². The predicted octanol–water partition coefficient (Wildman–Crippen LogP) is 2.75. The fourth-order valence-electron chi connectivity index (χ4n) is 2.76. The number of anilines is 1. The monoisotopic (exact) mass is 297 g/mol. The van der Waals surface area contributed by atoms with Crippen LogP contribution in [0.4, 0.5) is 5.82 Å². The molecule has 0 radical (unpaired) electrons. The molecular weight excluding hydrogens is 278 g/mol.